The van der Waals surface area contributed by atoms with E-state index in [0.29, 0.717) is 5.92 Å². The van der Waals surface area contributed by atoms with Crippen LogP contribution >= 0.6 is 0 Å². The molecule has 0 bridgehead atoms. The van der Waals surface area contributed by atoms with Crippen molar-refractivity contribution in [3.63, 3.8) is 0 Å². The highest BCUT2D eigenvalue weighted by Gasteiger charge is 2.18. The fourth-order valence-electron chi connectivity index (χ4n) is 1.32. The molecule has 92 valence electrons. The van der Waals surface area contributed by atoms with Crippen LogP contribution in [0.5, 0.6) is 0 Å². The quantitative estimate of drug-likeness (QED) is 0.840. The van der Waals surface area contributed by atoms with Gasteiger partial charge < -0.3 is 10.4 Å². The van der Waals surface area contributed by atoms with Crippen LogP contribution in [0.3, 0.4) is 0 Å². The van der Waals surface area contributed by atoms with Crippen LogP contribution in [0.4, 0.5) is 0 Å². The molecule has 4 heteroatoms. The lowest BCUT2D eigenvalue weighted by molar-refractivity contribution is 0.0690. The van der Waals surface area contributed by atoms with Crippen LogP contribution in [0.15, 0.2) is 24.3 Å². The normalized spacial score (nSPS) is 12.2. The number of carbonyl (C=O) groups is 2. The molecule has 0 aliphatic carbocycles. The van der Waals surface area contributed by atoms with Crippen LogP contribution in [-0.2, 0) is 0 Å². The first-order chi connectivity index (χ1) is 7.93. The van der Waals surface area contributed by atoms with Gasteiger partial charge in [-0.1, -0.05) is 26.0 Å². The van der Waals surface area contributed by atoms with Gasteiger partial charge >= 0.3 is 5.97 Å². The van der Waals surface area contributed by atoms with Crippen LogP contribution in [-0.4, -0.2) is 23.0 Å². The van der Waals surface area contributed by atoms with Crippen molar-refractivity contribution in [1.29, 1.82) is 0 Å². The monoisotopic (exact) mass is 235 g/mol. The number of rotatable bonds is 4. The van der Waals surface area contributed by atoms with Crippen molar-refractivity contribution >= 4 is 11.9 Å². The average Bonchev–Trinajstić information content (AvgIpc) is 2.28. The molecule has 0 aliphatic heterocycles. The summed E-state index contributed by atoms with van der Waals surface area (Å²) in [5, 5.41) is 11.8. The van der Waals surface area contributed by atoms with Gasteiger partial charge in [-0.05, 0) is 25.0 Å². The molecular formula is C13H17NO3. The molecule has 0 saturated heterocycles. The van der Waals surface area contributed by atoms with Gasteiger partial charge in [-0.3, -0.25) is 4.79 Å². The van der Waals surface area contributed by atoms with E-state index < -0.39 is 5.97 Å². The lowest BCUT2D eigenvalue weighted by atomic mass is 10.0. The Labute approximate surface area is 101 Å². The summed E-state index contributed by atoms with van der Waals surface area (Å²) in [6, 6.07) is 6.21. The van der Waals surface area contributed by atoms with E-state index in [0.717, 1.165) is 0 Å². The van der Waals surface area contributed by atoms with Crippen molar-refractivity contribution in [2.45, 2.75) is 26.8 Å². The third kappa shape index (κ3) is 3.31. The Morgan fingerprint density at radius 1 is 1.12 bits per heavy atom. The Morgan fingerprint density at radius 3 is 2.12 bits per heavy atom. The van der Waals surface area contributed by atoms with Crippen LogP contribution in [0.1, 0.15) is 41.5 Å². The predicted octanol–water partition coefficient (Wildman–Crippen LogP) is 2.16. The van der Waals surface area contributed by atoms with Crippen LogP contribution in [0.2, 0.25) is 0 Å². The van der Waals surface area contributed by atoms with Gasteiger partial charge in [-0.2, -0.15) is 0 Å². The lowest BCUT2D eigenvalue weighted by Gasteiger charge is -2.18. The Balaban J connectivity index is 2.93. The van der Waals surface area contributed by atoms with E-state index in [1.807, 2.05) is 20.8 Å². The third-order valence-electron chi connectivity index (χ3n) is 2.76. The molecule has 0 spiro atoms. The minimum Gasteiger partial charge on any atom is -0.478 e. The van der Waals surface area contributed by atoms with Crippen molar-refractivity contribution in [2.24, 2.45) is 5.92 Å². The molecule has 1 aromatic rings. The highest BCUT2D eigenvalue weighted by Crippen LogP contribution is 2.10. The van der Waals surface area contributed by atoms with Gasteiger partial charge in [-0.15, -0.1) is 0 Å². The van der Waals surface area contributed by atoms with Crippen molar-refractivity contribution in [3.05, 3.63) is 35.4 Å². The highest BCUT2D eigenvalue weighted by molar-refractivity contribution is 6.04. The summed E-state index contributed by atoms with van der Waals surface area (Å²) in [7, 11) is 0. The van der Waals surface area contributed by atoms with Gasteiger partial charge in [0.15, 0.2) is 0 Å². The summed E-state index contributed by atoms with van der Waals surface area (Å²) in [6.45, 7) is 5.88. The Bertz CT molecular complexity index is 426. The zero-order valence-electron chi connectivity index (χ0n) is 10.2. The van der Waals surface area contributed by atoms with E-state index >= 15 is 0 Å². The van der Waals surface area contributed by atoms with E-state index in [1.54, 1.807) is 12.1 Å². The number of carbonyl (C=O) groups excluding carboxylic acids is 1. The fraction of sp³-hybridized carbons (Fsp3) is 0.385. The summed E-state index contributed by atoms with van der Waals surface area (Å²) in [5.41, 5.74) is 0.230. The number of amides is 1. The molecule has 0 unspecified atom stereocenters. The number of aromatic carboxylic acids is 1. The first-order valence-electron chi connectivity index (χ1n) is 5.56. The van der Waals surface area contributed by atoms with Crippen molar-refractivity contribution in [1.82, 2.24) is 5.32 Å². The molecule has 1 atom stereocenters. The van der Waals surface area contributed by atoms with E-state index in [4.69, 9.17) is 5.11 Å². The Kier molecular flexibility index (Phi) is 4.26. The van der Waals surface area contributed by atoms with Crippen LogP contribution < -0.4 is 5.32 Å². The number of hydrogen-bond acceptors (Lipinski definition) is 2. The molecule has 1 rings (SSSR count). The zero-order chi connectivity index (χ0) is 13.0. The molecule has 0 fully saturated rings. The first kappa shape index (κ1) is 13.2. The minimum atomic E-state index is -1.09. The van der Waals surface area contributed by atoms with Gasteiger partial charge in [-0.25, -0.2) is 4.79 Å². The van der Waals surface area contributed by atoms with Crippen molar-refractivity contribution in [3.8, 4) is 0 Å². The molecule has 1 amide bonds. The maximum atomic E-state index is 11.9. The zero-order valence-corrected chi connectivity index (χ0v) is 10.2. The topological polar surface area (TPSA) is 66.4 Å². The van der Waals surface area contributed by atoms with E-state index in [1.165, 1.54) is 12.1 Å². The van der Waals surface area contributed by atoms with Gasteiger partial charge in [0.25, 0.3) is 5.91 Å². The second-order valence-corrected chi connectivity index (χ2v) is 4.36. The van der Waals surface area contributed by atoms with E-state index in [9.17, 15) is 9.59 Å². The maximum absolute atomic E-state index is 11.9. The molecule has 0 radical (unpaired) electrons. The molecule has 4 nitrogen and oxygen atoms in total. The van der Waals surface area contributed by atoms with Crippen LogP contribution in [0, 0.1) is 5.92 Å². The smallest absolute Gasteiger partial charge is 0.336 e. The molecule has 0 saturated carbocycles. The summed E-state index contributed by atoms with van der Waals surface area (Å²) in [6.07, 6.45) is 0. The SMILES string of the molecule is CC(C)[C@@H](C)NC(=O)c1ccccc1C(=O)O. The first-order valence-corrected chi connectivity index (χ1v) is 5.56. The molecule has 17 heavy (non-hydrogen) atoms. The molecule has 2 N–H and O–H groups in total. The molecule has 1 aromatic carbocycles. The highest BCUT2D eigenvalue weighted by atomic mass is 16.4. The van der Waals surface area contributed by atoms with Crippen LogP contribution in [0.25, 0.3) is 0 Å². The number of nitrogens with one attached hydrogen (secondary N) is 1. The lowest BCUT2D eigenvalue weighted by Crippen LogP contribution is -2.36. The second kappa shape index (κ2) is 5.48. The molecular weight excluding hydrogens is 218 g/mol. The Morgan fingerprint density at radius 2 is 1.65 bits per heavy atom. The fourth-order valence-corrected chi connectivity index (χ4v) is 1.32. The van der Waals surface area contributed by atoms with Crippen molar-refractivity contribution in [2.75, 3.05) is 0 Å². The maximum Gasteiger partial charge on any atom is 0.336 e. The summed E-state index contributed by atoms with van der Waals surface area (Å²) < 4.78 is 0. The number of hydrogen-bond donors (Lipinski definition) is 2. The average molecular weight is 235 g/mol. The third-order valence-corrected chi connectivity index (χ3v) is 2.76. The summed E-state index contributed by atoms with van der Waals surface area (Å²) >= 11 is 0. The molecule has 0 aromatic heterocycles. The van der Waals surface area contributed by atoms with Gasteiger partial charge in [0, 0.05) is 6.04 Å². The summed E-state index contributed by atoms with van der Waals surface area (Å²) in [5.74, 6) is -1.13. The predicted molar refractivity (Wildman–Crippen MR) is 65.2 cm³/mol. The van der Waals surface area contributed by atoms with Gasteiger partial charge in [0.2, 0.25) is 0 Å². The number of benzene rings is 1. The van der Waals surface area contributed by atoms with Gasteiger partial charge in [0.1, 0.15) is 0 Å². The van der Waals surface area contributed by atoms with E-state index in [-0.39, 0.29) is 23.1 Å². The molecule has 0 heterocycles. The molecule has 0 aliphatic rings. The number of carboxylic acids is 1. The van der Waals surface area contributed by atoms with Crippen molar-refractivity contribution < 1.29 is 14.7 Å². The Hall–Kier alpha value is -1.84. The van der Waals surface area contributed by atoms with Gasteiger partial charge in [0.05, 0.1) is 11.1 Å². The largest absolute Gasteiger partial charge is 0.478 e. The standard InChI is InChI=1S/C13H17NO3/c1-8(2)9(3)14-12(15)10-6-4-5-7-11(10)13(16)17/h4-9H,1-3H3,(H,14,15)(H,16,17)/t9-/m1/s1. The second-order valence-electron chi connectivity index (χ2n) is 4.36. The minimum absolute atomic E-state index is 0.00403. The summed E-state index contributed by atoms with van der Waals surface area (Å²) in [4.78, 5) is 22.9. The van der Waals surface area contributed by atoms with E-state index in [2.05, 4.69) is 5.32 Å². The number of carboxylic acid groups (broad SMARTS) is 1.